The van der Waals surface area contributed by atoms with Crippen molar-refractivity contribution in [3.8, 4) is 5.69 Å². The van der Waals surface area contributed by atoms with Gasteiger partial charge in [0.1, 0.15) is 24.0 Å². The van der Waals surface area contributed by atoms with Gasteiger partial charge < -0.3 is 10.2 Å². The number of H-pyrrole nitrogens is 1. The molecule has 4 rings (SSSR count). The molecule has 0 saturated carbocycles. The fraction of sp³-hybridized carbons (Fsp3) is 0.273. The quantitative estimate of drug-likeness (QED) is 0.650. The van der Waals surface area contributed by atoms with E-state index in [9.17, 15) is 9.59 Å². The lowest BCUT2D eigenvalue weighted by molar-refractivity contribution is -0.941. The molecule has 1 aliphatic heterocycles. The Morgan fingerprint density at radius 2 is 1.79 bits per heavy atom. The number of quaternary nitrogens is 1. The Balaban J connectivity index is 1.76. The zero-order chi connectivity index (χ0) is 19.8. The molecular formula is C22H25N4O2+. The second-order valence-electron chi connectivity index (χ2n) is 7.51. The summed E-state index contributed by atoms with van der Waals surface area (Å²) in [5, 5.41) is 3.35. The van der Waals surface area contributed by atoms with Gasteiger partial charge in [-0.25, -0.2) is 9.36 Å². The van der Waals surface area contributed by atoms with E-state index in [0.29, 0.717) is 24.6 Å². The Bertz CT molecular complexity index is 1130. The number of aryl methyl sites for hydroxylation is 2. The molecule has 0 aliphatic carbocycles. The van der Waals surface area contributed by atoms with Crippen molar-refractivity contribution in [1.29, 1.82) is 0 Å². The number of nitrogens with zero attached hydrogens (tertiary/aromatic N) is 1. The van der Waals surface area contributed by atoms with Crippen LogP contribution < -0.4 is 21.5 Å². The van der Waals surface area contributed by atoms with Gasteiger partial charge in [-0.2, -0.15) is 0 Å². The van der Waals surface area contributed by atoms with Crippen LogP contribution >= 0.6 is 0 Å². The minimum Gasteiger partial charge on any atom is -0.324 e. The van der Waals surface area contributed by atoms with E-state index in [2.05, 4.69) is 29.4 Å². The molecule has 0 bridgehead atoms. The molecule has 144 valence electrons. The van der Waals surface area contributed by atoms with Gasteiger partial charge in [-0.15, -0.1) is 0 Å². The van der Waals surface area contributed by atoms with Crippen molar-refractivity contribution >= 4 is 5.82 Å². The third-order valence-electron chi connectivity index (χ3n) is 5.75. The molecule has 6 nitrogen and oxygen atoms in total. The van der Waals surface area contributed by atoms with E-state index in [1.165, 1.54) is 10.5 Å². The predicted octanol–water partition coefficient (Wildman–Crippen LogP) is 1.67. The van der Waals surface area contributed by atoms with Crippen molar-refractivity contribution in [3.05, 3.63) is 91.6 Å². The molecular weight excluding hydrogens is 352 g/mol. The van der Waals surface area contributed by atoms with Crippen molar-refractivity contribution in [2.45, 2.75) is 33.4 Å². The SMILES string of the molecule is Cc1ccc(-n2c3c(c(=O)[nH]c2=O)C[NH+]([C@@H](C)c2ccccc2)CN3)cc1C. The normalized spacial score (nSPS) is 16.9. The Morgan fingerprint density at radius 3 is 2.50 bits per heavy atom. The minimum atomic E-state index is -0.418. The number of benzene rings is 2. The van der Waals surface area contributed by atoms with E-state index in [1.54, 1.807) is 4.57 Å². The Morgan fingerprint density at radius 1 is 1.04 bits per heavy atom. The van der Waals surface area contributed by atoms with Crippen LogP contribution in [0.15, 0.2) is 58.1 Å². The van der Waals surface area contributed by atoms with Crippen LogP contribution in [0, 0.1) is 13.8 Å². The van der Waals surface area contributed by atoms with Crippen LogP contribution in [0.2, 0.25) is 0 Å². The van der Waals surface area contributed by atoms with Crippen LogP contribution in [0.25, 0.3) is 5.69 Å². The second-order valence-corrected chi connectivity index (χ2v) is 7.51. The molecule has 2 heterocycles. The monoisotopic (exact) mass is 377 g/mol. The van der Waals surface area contributed by atoms with Crippen LogP contribution in [0.1, 0.15) is 35.2 Å². The van der Waals surface area contributed by atoms with Crippen LogP contribution in [-0.2, 0) is 6.54 Å². The molecule has 1 unspecified atom stereocenters. The topological polar surface area (TPSA) is 71.3 Å². The predicted molar refractivity (Wildman–Crippen MR) is 110 cm³/mol. The molecule has 2 aromatic carbocycles. The first kappa shape index (κ1) is 18.3. The fourth-order valence-electron chi connectivity index (χ4n) is 3.80. The summed E-state index contributed by atoms with van der Waals surface area (Å²) in [7, 11) is 0. The standard InChI is InChI=1S/C22H24N4O2/c1-14-9-10-18(11-15(14)2)26-20-19(21(27)24-22(26)28)12-25(13-23-20)16(3)17-7-5-4-6-8-17/h4-11,16,23H,12-13H2,1-3H3,(H,24,27,28)/p+1/t16-/m0/s1. The van der Waals surface area contributed by atoms with Gasteiger partial charge in [-0.3, -0.25) is 9.78 Å². The molecule has 1 aromatic heterocycles. The van der Waals surface area contributed by atoms with E-state index in [4.69, 9.17) is 0 Å². The van der Waals surface area contributed by atoms with Gasteiger partial charge in [0.2, 0.25) is 0 Å². The van der Waals surface area contributed by atoms with Gasteiger partial charge in [0.15, 0.2) is 6.67 Å². The number of aromatic amines is 1. The summed E-state index contributed by atoms with van der Waals surface area (Å²) in [5.74, 6) is 0.598. The third kappa shape index (κ3) is 3.16. The van der Waals surface area contributed by atoms with E-state index >= 15 is 0 Å². The maximum Gasteiger partial charge on any atom is 0.334 e. The number of anilines is 1. The highest BCUT2D eigenvalue weighted by Gasteiger charge is 2.29. The maximum absolute atomic E-state index is 12.6. The van der Waals surface area contributed by atoms with Crippen LogP contribution in [0.4, 0.5) is 5.82 Å². The largest absolute Gasteiger partial charge is 0.334 e. The van der Waals surface area contributed by atoms with Gasteiger partial charge in [0, 0.05) is 5.56 Å². The molecule has 3 aromatic rings. The molecule has 28 heavy (non-hydrogen) atoms. The van der Waals surface area contributed by atoms with Gasteiger partial charge in [-0.1, -0.05) is 36.4 Å². The van der Waals surface area contributed by atoms with E-state index in [1.807, 2.05) is 50.2 Å². The summed E-state index contributed by atoms with van der Waals surface area (Å²) in [5.41, 5.74) is 4.13. The lowest BCUT2D eigenvalue weighted by atomic mass is 10.1. The number of aromatic nitrogens is 2. The highest BCUT2D eigenvalue weighted by molar-refractivity contribution is 5.52. The van der Waals surface area contributed by atoms with Gasteiger partial charge in [-0.05, 0) is 44.0 Å². The van der Waals surface area contributed by atoms with Gasteiger partial charge in [0.05, 0.1) is 5.69 Å². The van der Waals surface area contributed by atoms with Crippen LogP contribution in [0.3, 0.4) is 0 Å². The van der Waals surface area contributed by atoms with Crippen LogP contribution in [-0.4, -0.2) is 16.2 Å². The molecule has 0 fully saturated rings. The van der Waals surface area contributed by atoms with Gasteiger partial charge >= 0.3 is 5.69 Å². The fourth-order valence-corrected chi connectivity index (χ4v) is 3.80. The molecule has 0 amide bonds. The van der Waals surface area contributed by atoms with Crippen molar-refractivity contribution in [2.24, 2.45) is 0 Å². The van der Waals surface area contributed by atoms with Crippen molar-refractivity contribution in [2.75, 3.05) is 12.0 Å². The Hall–Kier alpha value is -3.12. The average molecular weight is 377 g/mol. The number of hydrogen-bond donors (Lipinski definition) is 3. The smallest absolute Gasteiger partial charge is 0.324 e. The van der Waals surface area contributed by atoms with Crippen molar-refractivity contribution in [3.63, 3.8) is 0 Å². The molecule has 3 N–H and O–H groups in total. The summed E-state index contributed by atoms with van der Waals surface area (Å²) in [6.07, 6.45) is 0. The third-order valence-corrected chi connectivity index (χ3v) is 5.75. The zero-order valence-corrected chi connectivity index (χ0v) is 16.4. The summed E-state index contributed by atoms with van der Waals surface area (Å²) in [6.45, 7) is 7.40. The zero-order valence-electron chi connectivity index (χ0n) is 16.4. The number of hydrogen-bond acceptors (Lipinski definition) is 3. The van der Waals surface area contributed by atoms with Crippen molar-refractivity contribution < 1.29 is 4.90 Å². The molecule has 1 aliphatic rings. The average Bonchev–Trinajstić information content (AvgIpc) is 2.70. The van der Waals surface area contributed by atoms with Crippen molar-refractivity contribution in [1.82, 2.24) is 9.55 Å². The van der Waals surface area contributed by atoms with E-state index < -0.39 is 5.69 Å². The molecule has 0 radical (unpaired) electrons. The summed E-state index contributed by atoms with van der Waals surface area (Å²) < 4.78 is 1.58. The highest BCUT2D eigenvalue weighted by Crippen LogP contribution is 2.20. The molecule has 0 saturated heterocycles. The lowest BCUT2D eigenvalue weighted by Crippen LogP contribution is -3.12. The number of fused-ring (bicyclic) bond motifs is 1. The molecule has 2 atom stereocenters. The number of rotatable bonds is 3. The second kappa shape index (κ2) is 7.13. The summed E-state index contributed by atoms with van der Waals surface area (Å²) >= 11 is 0. The van der Waals surface area contributed by atoms with E-state index in [-0.39, 0.29) is 11.6 Å². The first-order valence-corrected chi connectivity index (χ1v) is 9.55. The highest BCUT2D eigenvalue weighted by atomic mass is 16.2. The molecule has 0 spiro atoms. The van der Waals surface area contributed by atoms with Crippen LogP contribution in [0.5, 0.6) is 0 Å². The first-order chi connectivity index (χ1) is 13.5. The lowest BCUT2D eigenvalue weighted by Gasteiger charge is -2.32. The minimum absolute atomic E-state index is 0.225. The number of nitrogens with one attached hydrogen (secondary N) is 3. The Labute approximate surface area is 163 Å². The summed E-state index contributed by atoms with van der Waals surface area (Å²) in [4.78, 5) is 28.9. The maximum atomic E-state index is 12.6. The Kier molecular flexibility index (Phi) is 4.65. The molecule has 6 heteroatoms. The summed E-state index contributed by atoms with van der Waals surface area (Å²) in [6, 6.07) is 16.4. The first-order valence-electron chi connectivity index (χ1n) is 9.55. The van der Waals surface area contributed by atoms with E-state index in [0.717, 1.165) is 16.8 Å². The van der Waals surface area contributed by atoms with Gasteiger partial charge in [0.25, 0.3) is 5.56 Å².